The van der Waals surface area contributed by atoms with Gasteiger partial charge in [0.15, 0.2) is 0 Å². The number of pyridine rings is 1. The van der Waals surface area contributed by atoms with Crippen molar-refractivity contribution in [2.75, 3.05) is 13.6 Å². The number of rotatable bonds is 5. The Bertz CT molecular complexity index is 1840. The van der Waals surface area contributed by atoms with Crippen molar-refractivity contribution in [3.8, 4) is 22.8 Å². The first kappa shape index (κ1) is 24.5. The topological polar surface area (TPSA) is 54.4 Å². The van der Waals surface area contributed by atoms with E-state index >= 15 is 0 Å². The molecule has 0 radical (unpaired) electrons. The minimum atomic E-state index is -1.23. The number of ether oxygens (including phenoxy) is 1. The van der Waals surface area contributed by atoms with Crippen LogP contribution in [0.5, 0.6) is 11.6 Å². The van der Waals surface area contributed by atoms with Crippen LogP contribution in [0.4, 0.5) is 0 Å². The summed E-state index contributed by atoms with van der Waals surface area (Å²) in [4.78, 5) is 5.06. The molecule has 0 aliphatic carbocycles. The molecule has 5 aromatic carbocycles. The van der Waals surface area contributed by atoms with Crippen LogP contribution >= 0.6 is 0 Å². The molecule has 1 aromatic heterocycles. The number of aromatic nitrogens is 1. The molecule has 0 unspecified atom stereocenters. The highest BCUT2D eigenvalue weighted by Crippen LogP contribution is 2.52. The lowest BCUT2D eigenvalue weighted by Gasteiger charge is -2.40. The van der Waals surface area contributed by atoms with Crippen molar-refractivity contribution in [3.63, 3.8) is 0 Å². The summed E-state index contributed by atoms with van der Waals surface area (Å²) in [6.45, 7) is 0.647. The van der Waals surface area contributed by atoms with Crippen molar-refractivity contribution in [3.05, 3.63) is 138 Å². The van der Waals surface area contributed by atoms with E-state index in [0.29, 0.717) is 24.6 Å². The summed E-state index contributed by atoms with van der Waals surface area (Å²) >= 11 is 0. The summed E-state index contributed by atoms with van der Waals surface area (Å²) in [6.07, 6.45) is 0.512. The Kier molecular flexibility index (Phi) is 6.07. The zero-order chi connectivity index (χ0) is 27.1. The smallest absolute Gasteiger partial charge is 0.223 e. The molecule has 0 saturated carbocycles. The van der Waals surface area contributed by atoms with Crippen LogP contribution in [-0.4, -0.2) is 23.7 Å². The highest BCUT2D eigenvalue weighted by atomic mass is 16.5. The zero-order valence-electron chi connectivity index (χ0n) is 22.3. The summed E-state index contributed by atoms with van der Waals surface area (Å²) in [5.74, 6) is 0.794. The van der Waals surface area contributed by atoms with Crippen molar-refractivity contribution in [2.24, 2.45) is 0 Å². The third kappa shape index (κ3) is 4.13. The molecule has 0 saturated heterocycles. The maximum atomic E-state index is 13.0. The molecule has 4 heteroatoms. The van der Waals surface area contributed by atoms with Gasteiger partial charge >= 0.3 is 0 Å². The van der Waals surface area contributed by atoms with Crippen molar-refractivity contribution >= 4 is 21.7 Å². The van der Waals surface area contributed by atoms with Crippen LogP contribution in [0.3, 0.4) is 0 Å². The van der Waals surface area contributed by atoms with E-state index in [9.17, 15) is 5.11 Å². The summed E-state index contributed by atoms with van der Waals surface area (Å²) in [7, 11) is 1.93. The molecule has 0 spiro atoms. The first-order valence-corrected chi connectivity index (χ1v) is 13.8. The second kappa shape index (κ2) is 9.91. The molecule has 2 atom stereocenters. The third-order valence-corrected chi connectivity index (χ3v) is 8.11. The van der Waals surface area contributed by atoms with E-state index in [-0.39, 0.29) is 0 Å². The molecule has 0 amide bonds. The maximum absolute atomic E-state index is 13.0. The predicted octanol–water partition coefficient (Wildman–Crippen LogP) is 7.79. The Labute approximate surface area is 233 Å². The molecule has 1 aliphatic rings. The summed E-state index contributed by atoms with van der Waals surface area (Å²) in [5.41, 5.74) is 4.66. The quantitative estimate of drug-likeness (QED) is 0.243. The van der Waals surface area contributed by atoms with Gasteiger partial charge in [-0.2, -0.15) is 0 Å². The number of benzene rings is 5. The highest BCUT2D eigenvalue weighted by molar-refractivity contribution is 5.90. The zero-order valence-corrected chi connectivity index (χ0v) is 22.3. The molecule has 0 fully saturated rings. The SMILES string of the molecule is CNCC[C@@]1(O)c2cc(cc3ccccc23)Oc2nc3ccc(-c4ccccc4)cc3cc2[C@H]1c1ccccc1. The maximum Gasteiger partial charge on any atom is 0.223 e. The normalized spacial score (nSPS) is 18.1. The number of hydrogen-bond donors (Lipinski definition) is 2. The lowest BCUT2D eigenvalue weighted by Crippen LogP contribution is -2.38. The van der Waals surface area contributed by atoms with Gasteiger partial charge in [0.25, 0.3) is 0 Å². The van der Waals surface area contributed by atoms with E-state index in [2.05, 4.69) is 78.1 Å². The molecule has 6 aromatic rings. The van der Waals surface area contributed by atoms with E-state index in [1.54, 1.807) is 0 Å². The lowest BCUT2D eigenvalue weighted by atomic mass is 9.70. The molecule has 4 nitrogen and oxygen atoms in total. The van der Waals surface area contributed by atoms with Crippen LogP contribution < -0.4 is 10.1 Å². The molecular formula is C36H30N2O2. The van der Waals surface area contributed by atoms with Gasteiger partial charge in [-0.1, -0.05) is 91.0 Å². The first-order chi connectivity index (χ1) is 19.6. The van der Waals surface area contributed by atoms with Crippen LogP contribution in [-0.2, 0) is 5.60 Å². The van der Waals surface area contributed by atoms with Crippen LogP contribution in [0.2, 0.25) is 0 Å². The summed E-state index contributed by atoms with van der Waals surface area (Å²) in [6, 6.07) is 41.4. The minimum Gasteiger partial charge on any atom is -0.439 e. The van der Waals surface area contributed by atoms with Gasteiger partial charge in [0.1, 0.15) is 11.4 Å². The van der Waals surface area contributed by atoms with Gasteiger partial charge in [-0.25, -0.2) is 4.98 Å². The molecule has 1 aliphatic heterocycles. The highest BCUT2D eigenvalue weighted by Gasteiger charge is 2.44. The second-order valence-corrected chi connectivity index (χ2v) is 10.6. The summed E-state index contributed by atoms with van der Waals surface area (Å²) in [5, 5.41) is 19.4. The fourth-order valence-corrected chi connectivity index (χ4v) is 6.19. The lowest BCUT2D eigenvalue weighted by molar-refractivity contribution is 0.0110. The van der Waals surface area contributed by atoms with Crippen molar-refractivity contribution in [1.82, 2.24) is 10.3 Å². The van der Waals surface area contributed by atoms with Gasteiger partial charge in [-0.05, 0) is 83.4 Å². The Balaban J connectivity index is 1.54. The van der Waals surface area contributed by atoms with Gasteiger partial charge in [-0.3, -0.25) is 0 Å². The largest absolute Gasteiger partial charge is 0.439 e. The average molecular weight is 523 g/mol. The first-order valence-electron chi connectivity index (χ1n) is 13.8. The van der Waals surface area contributed by atoms with Crippen LogP contribution in [0.15, 0.2) is 121 Å². The minimum absolute atomic E-state index is 0.409. The number of fused-ring (bicyclic) bond motifs is 6. The third-order valence-electron chi connectivity index (χ3n) is 8.11. The number of nitrogens with one attached hydrogen (secondary N) is 1. The van der Waals surface area contributed by atoms with Crippen molar-refractivity contribution in [1.29, 1.82) is 0 Å². The summed E-state index contributed by atoms with van der Waals surface area (Å²) < 4.78 is 6.58. The van der Waals surface area contributed by atoms with E-state index in [0.717, 1.165) is 49.5 Å². The molecule has 196 valence electrons. The van der Waals surface area contributed by atoms with Crippen LogP contribution in [0, 0.1) is 0 Å². The predicted molar refractivity (Wildman–Crippen MR) is 162 cm³/mol. The van der Waals surface area contributed by atoms with E-state index in [1.807, 2.05) is 55.6 Å². The number of hydrogen-bond acceptors (Lipinski definition) is 4. The number of aliphatic hydroxyl groups is 1. The van der Waals surface area contributed by atoms with Crippen molar-refractivity contribution in [2.45, 2.75) is 17.9 Å². The van der Waals surface area contributed by atoms with E-state index in [1.165, 1.54) is 0 Å². The Morgan fingerprint density at radius 2 is 1.52 bits per heavy atom. The molecular weight excluding hydrogens is 492 g/mol. The van der Waals surface area contributed by atoms with E-state index < -0.39 is 11.5 Å². The van der Waals surface area contributed by atoms with Crippen molar-refractivity contribution < 1.29 is 9.84 Å². The molecule has 2 bridgehead atoms. The molecule has 40 heavy (non-hydrogen) atoms. The van der Waals surface area contributed by atoms with Gasteiger partial charge in [0.2, 0.25) is 5.88 Å². The Hall–Kier alpha value is -4.51. The van der Waals surface area contributed by atoms with Gasteiger partial charge < -0.3 is 15.2 Å². The average Bonchev–Trinajstić information content (AvgIpc) is 3.00. The second-order valence-electron chi connectivity index (χ2n) is 10.6. The molecule has 2 heterocycles. The van der Waals surface area contributed by atoms with Gasteiger partial charge in [-0.15, -0.1) is 0 Å². The van der Waals surface area contributed by atoms with Gasteiger partial charge in [0, 0.05) is 16.9 Å². The van der Waals surface area contributed by atoms with Gasteiger partial charge in [0.05, 0.1) is 5.52 Å². The standard InChI is InChI=1S/C36H30N2O2/c1-37-19-18-36(39)32-23-29(21-27-14-8-9-15-30(27)32)40-35-31(34(36)25-12-6-3-7-13-25)22-28-20-26(16-17-33(28)38-35)24-10-4-2-5-11-24/h2-17,20-23,34,37,39H,18-19H2,1H3/t34-,36-/m1/s1. The fraction of sp³-hybridized carbons (Fsp3) is 0.139. The monoisotopic (exact) mass is 522 g/mol. The molecule has 7 rings (SSSR count). The number of nitrogens with zero attached hydrogens (tertiary/aromatic N) is 1. The Morgan fingerprint density at radius 1 is 0.775 bits per heavy atom. The fourth-order valence-electron chi connectivity index (χ4n) is 6.19. The van der Waals surface area contributed by atoms with Crippen LogP contribution in [0.1, 0.15) is 29.0 Å². The van der Waals surface area contributed by atoms with E-state index in [4.69, 9.17) is 9.72 Å². The van der Waals surface area contributed by atoms with Crippen LogP contribution in [0.25, 0.3) is 32.8 Å². The Morgan fingerprint density at radius 3 is 2.33 bits per heavy atom. The molecule has 2 N–H and O–H groups in total.